The SMILES string of the molecule is CCN(c1cc(O)ccc1C)c1cnccc1CN. The smallest absolute Gasteiger partial charge is 0.117 e. The lowest BCUT2D eigenvalue weighted by molar-refractivity contribution is 0.475. The average Bonchev–Trinajstić information content (AvgIpc) is 2.44. The van der Waals surface area contributed by atoms with Gasteiger partial charge in [0.05, 0.1) is 11.9 Å². The van der Waals surface area contributed by atoms with E-state index in [4.69, 9.17) is 5.73 Å². The van der Waals surface area contributed by atoms with Crippen molar-refractivity contribution >= 4 is 11.4 Å². The molecule has 1 aromatic carbocycles. The van der Waals surface area contributed by atoms with Crippen molar-refractivity contribution in [3.8, 4) is 5.75 Å². The maximum Gasteiger partial charge on any atom is 0.117 e. The van der Waals surface area contributed by atoms with E-state index < -0.39 is 0 Å². The number of nitrogens with two attached hydrogens (primary N) is 1. The summed E-state index contributed by atoms with van der Waals surface area (Å²) in [6.45, 7) is 5.34. The van der Waals surface area contributed by atoms with Crippen LogP contribution in [0.3, 0.4) is 0 Å². The van der Waals surface area contributed by atoms with Crippen molar-refractivity contribution in [1.82, 2.24) is 4.98 Å². The van der Waals surface area contributed by atoms with Crippen LogP contribution in [0, 0.1) is 6.92 Å². The first-order chi connectivity index (χ1) is 9.17. The van der Waals surface area contributed by atoms with Gasteiger partial charge in [-0.1, -0.05) is 6.07 Å². The number of aryl methyl sites for hydroxylation is 1. The summed E-state index contributed by atoms with van der Waals surface area (Å²) >= 11 is 0. The van der Waals surface area contributed by atoms with Crippen molar-refractivity contribution in [2.75, 3.05) is 11.4 Å². The third-order valence-corrected chi connectivity index (χ3v) is 3.20. The number of hydrogen-bond donors (Lipinski definition) is 2. The van der Waals surface area contributed by atoms with E-state index in [1.165, 1.54) is 0 Å². The third kappa shape index (κ3) is 2.69. The molecule has 0 saturated heterocycles. The molecule has 0 amide bonds. The third-order valence-electron chi connectivity index (χ3n) is 3.20. The largest absolute Gasteiger partial charge is 0.508 e. The van der Waals surface area contributed by atoms with Crippen molar-refractivity contribution in [3.63, 3.8) is 0 Å². The number of aromatic hydroxyl groups is 1. The molecule has 1 heterocycles. The molecule has 2 rings (SSSR count). The lowest BCUT2D eigenvalue weighted by Crippen LogP contribution is -2.19. The highest BCUT2D eigenvalue weighted by Gasteiger charge is 2.13. The highest BCUT2D eigenvalue weighted by Crippen LogP contribution is 2.32. The second kappa shape index (κ2) is 5.71. The zero-order chi connectivity index (χ0) is 13.8. The van der Waals surface area contributed by atoms with Gasteiger partial charge in [0, 0.05) is 31.0 Å². The number of aromatic nitrogens is 1. The van der Waals surface area contributed by atoms with Gasteiger partial charge in [0.1, 0.15) is 5.75 Å². The summed E-state index contributed by atoms with van der Waals surface area (Å²) in [5.74, 6) is 0.261. The van der Waals surface area contributed by atoms with Crippen LogP contribution in [0.1, 0.15) is 18.1 Å². The molecule has 0 bridgehead atoms. The highest BCUT2D eigenvalue weighted by atomic mass is 16.3. The van der Waals surface area contributed by atoms with E-state index in [1.54, 1.807) is 18.3 Å². The average molecular weight is 257 g/mol. The van der Waals surface area contributed by atoms with Gasteiger partial charge in [-0.2, -0.15) is 0 Å². The van der Waals surface area contributed by atoms with Gasteiger partial charge in [-0.3, -0.25) is 4.98 Å². The Morgan fingerprint density at radius 1 is 1.26 bits per heavy atom. The number of anilines is 2. The van der Waals surface area contributed by atoms with Crippen molar-refractivity contribution in [2.45, 2.75) is 20.4 Å². The second-order valence-electron chi connectivity index (χ2n) is 4.42. The van der Waals surface area contributed by atoms with Gasteiger partial charge in [0.15, 0.2) is 0 Å². The Bertz CT molecular complexity index is 569. The highest BCUT2D eigenvalue weighted by molar-refractivity contribution is 5.69. The van der Waals surface area contributed by atoms with E-state index in [0.29, 0.717) is 6.54 Å². The van der Waals surface area contributed by atoms with Crippen molar-refractivity contribution < 1.29 is 5.11 Å². The maximum atomic E-state index is 9.69. The molecule has 3 N–H and O–H groups in total. The van der Waals surface area contributed by atoms with Gasteiger partial charge in [-0.15, -0.1) is 0 Å². The predicted molar refractivity (Wildman–Crippen MR) is 77.7 cm³/mol. The summed E-state index contributed by atoms with van der Waals surface area (Å²) in [7, 11) is 0. The van der Waals surface area contributed by atoms with Crippen LogP contribution in [0.5, 0.6) is 5.75 Å². The van der Waals surface area contributed by atoms with Crippen LogP contribution in [0.25, 0.3) is 0 Å². The Hall–Kier alpha value is -2.07. The standard InChI is InChI=1S/C15H19N3O/c1-3-18(14-8-13(19)5-4-11(14)2)15-10-17-7-6-12(15)9-16/h4-8,10,19H,3,9,16H2,1-2H3. The second-order valence-corrected chi connectivity index (χ2v) is 4.42. The van der Waals surface area contributed by atoms with Crippen LogP contribution in [-0.4, -0.2) is 16.6 Å². The summed E-state index contributed by atoms with van der Waals surface area (Å²) in [5.41, 5.74) is 9.89. The topological polar surface area (TPSA) is 62.4 Å². The van der Waals surface area contributed by atoms with E-state index in [2.05, 4.69) is 16.8 Å². The van der Waals surface area contributed by atoms with E-state index in [1.807, 2.05) is 25.3 Å². The molecule has 100 valence electrons. The molecule has 0 saturated carbocycles. The number of phenolic OH excluding ortho intramolecular Hbond substituents is 1. The lowest BCUT2D eigenvalue weighted by Gasteiger charge is -2.26. The molecule has 0 atom stereocenters. The first-order valence-corrected chi connectivity index (χ1v) is 6.37. The number of hydrogen-bond acceptors (Lipinski definition) is 4. The fourth-order valence-corrected chi connectivity index (χ4v) is 2.19. The minimum Gasteiger partial charge on any atom is -0.508 e. The predicted octanol–water partition coefficient (Wildman–Crippen LogP) is 2.71. The number of nitrogens with zero attached hydrogens (tertiary/aromatic N) is 2. The summed E-state index contributed by atoms with van der Waals surface area (Å²) < 4.78 is 0. The van der Waals surface area contributed by atoms with E-state index in [9.17, 15) is 5.11 Å². The zero-order valence-corrected chi connectivity index (χ0v) is 11.3. The van der Waals surface area contributed by atoms with Crippen molar-refractivity contribution in [3.05, 3.63) is 47.8 Å². The Morgan fingerprint density at radius 2 is 2.05 bits per heavy atom. The molecule has 0 fully saturated rings. The fourth-order valence-electron chi connectivity index (χ4n) is 2.19. The minimum atomic E-state index is 0.261. The monoisotopic (exact) mass is 257 g/mol. The van der Waals surface area contributed by atoms with E-state index in [-0.39, 0.29) is 5.75 Å². The molecule has 1 aromatic heterocycles. The van der Waals surface area contributed by atoms with Gasteiger partial charge in [0.2, 0.25) is 0 Å². The molecular weight excluding hydrogens is 238 g/mol. The molecule has 4 nitrogen and oxygen atoms in total. The fraction of sp³-hybridized carbons (Fsp3) is 0.267. The molecule has 19 heavy (non-hydrogen) atoms. The van der Waals surface area contributed by atoms with Crippen LogP contribution in [-0.2, 0) is 6.54 Å². The van der Waals surface area contributed by atoms with Gasteiger partial charge >= 0.3 is 0 Å². The van der Waals surface area contributed by atoms with E-state index in [0.717, 1.165) is 29.0 Å². The molecule has 0 aliphatic heterocycles. The maximum absolute atomic E-state index is 9.69. The molecule has 0 radical (unpaired) electrons. The summed E-state index contributed by atoms with van der Waals surface area (Å²) in [6.07, 6.45) is 3.56. The van der Waals surface area contributed by atoms with Gasteiger partial charge < -0.3 is 15.7 Å². The van der Waals surface area contributed by atoms with Crippen molar-refractivity contribution in [1.29, 1.82) is 0 Å². The van der Waals surface area contributed by atoms with Gasteiger partial charge in [0.25, 0.3) is 0 Å². The minimum absolute atomic E-state index is 0.261. The van der Waals surface area contributed by atoms with Crippen LogP contribution in [0.15, 0.2) is 36.7 Å². The first-order valence-electron chi connectivity index (χ1n) is 6.37. The Balaban J connectivity index is 2.53. The normalized spacial score (nSPS) is 10.5. The zero-order valence-electron chi connectivity index (χ0n) is 11.3. The quantitative estimate of drug-likeness (QED) is 0.884. The molecule has 0 unspecified atom stereocenters. The molecule has 0 aliphatic carbocycles. The Kier molecular flexibility index (Phi) is 4.02. The first kappa shape index (κ1) is 13.4. The molecule has 4 heteroatoms. The number of phenols is 1. The summed E-state index contributed by atoms with van der Waals surface area (Å²) in [5, 5.41) is 9.69. The molecular formula is C15H19N3O. The number of rotatable bonds is 4. The Labute approximate surface area is 113 Å². The van der Waals surface area contributed by atoms with Gasteiger partial charge in [-0.25, -0.2) is 0 Å². The Morgan fingerprint density at radius 3 is 2.74 bits per heavy atom. The van der Waals surface area contributed by atoms with E-state index >= 15 is 0 Å². The number of pyridine rings is 1. The van der Waals surface area contributed by atoms with Gasteiger partial charge in [-0.05, 0) is 37.1 Å². The van der Waals surface area contributed by atoms with Crippen LogP contribution in [0.2, 0.25) is 0 Å². The number of benzene rings is 1. The molecule has 0 aliphatic rings. The summed E-state index contributed by atoms with van der Waals surface area (Å²) in [6, 6.07) is 7.30. The van der Waals surface area contributed by atoms with Crippen LogP contribution < -0.4 is 10.6 Å². The van der Waals surface area contributed by atoms with Crippen LogP contribution >= 0.6 is 0 Å². The van der Waals surface area contributed by atoms with Crippen molar-refractivity contribution in [2.24, 2.45) is 5.73 Å². The molecule has 2 aromatic rings. The lowest BCUT2D eigenvalue weighted by atomic mass is 10.1. The van der Waals surface area contributed by atoms with Crippen LogP contribution in [0.4, 0.5) is 11.4 Å². The summed E-state index contributed by atoms with van der Waals surface area (Å²) in [4.78, 5) is 6.30. The molecule has 0 spiro atoms.